The lowest BCUT2D eigenvalue weighted by Gasteiger charge is -2.05. The van der Waals surface area contributed by atoms with E-state index in [2.05, 4.69) is 33.1 Å². The van der Waals surface area contributed by atoms with E-state index in [9.17, 15) is 4.79 Å². The lowest BCUT2D eigenvalue weighted by Crippen LogP contribution is -2.17. The van der Waals surface area contributed by atoms with Gasteiger partial charge < -0.3 is 4.74 Å². The molecule has 0 heterocycles. The van der Waals surface area contributed by atoms with E-state index in [4.69, 9.17) is 4.74 Å². The molecule has 1 N–H and O–H groups in total. The highest BCUT2D eigenvalue weighted by atomic mass is 127. The van der Waals surface area contributed by atoms with E-state index >= 15 is 0 Å². The highest BCUT2D eigenvalue weighted by molar-refractivity contribution is 14.1. The molecule has 0 fully saturated rings. The molecule has 108 valence electrons. The maximum atomic E-state index is 12.0. The van der Waals surface area contributed by atoms with Gasteiger partial charge in [-0.05, 0) is 53.3 Å². The summed E-state index contributed by atoms with van der Waals surface area (Å²) >= 11 is 2.13. The van der Waals surface area contributed by atoms with Crippen molar-refractivity contribution >= 4 is 34.7 Å². The van der Waals surface area contributed by atoms with E-state index in [0.717, 1.165) is 14.9 Å². The Morgan fingerprint density at radius 2 is 1.95 bits per heavy atom. The van der Waals surface area contributed by atoms with Crippen molar-refractivity contribution in [3.05, 3.63) is 62.7 Å². The highest BCUT2D eigenvalue weighted by Crippen LogP contribution is 2.21. The molecular weight excluding hydrogens is 379 g/mol. The van der Waals surface area contributed by atoms with Crippen LogP contribution in [0.15, 0.2) is 47.6 Å². The molecule has 2 rings (SSSR count). The summed E-state index contributed by atoms with van der Waals surface area (Å²) in [6.45, 7) is 2.02. The van der Waals surface area contributed by atoms with Gasteiger partial charge >= 0.3 is 0 Å². The number of hydrazone groups is 1. The monoisotopic (exact) mass is 394 g/mol. The fourth-order valence-electron chi connectivity index (χ4n) is 1.69. The molecule has 0 aromatic heterocycles. The molecule has 1 amide bonds. The molecule has 2 aromatic carbocycles. The fraction of sp³-hybridized carbons (Fsp3) is 0.125. The number of aryl methyl sites for hydroxylation is 1. The van der Waals surface area contributed by atoms with Gasteiger partial charge in [-0.25, -0.2) is 5.43 Å². The van der Waals surface area contributed by atoms with Crippen LogP contribution >= 0.6 is 22.6 Å². The number of ether oxygens (including phenoxy) is 1. The van der Waals surface area contributed by atoms with Crippen molar-refractivity contribution in [3.8, 4) is 5.75 Å². The van der Waals surface area contributed by atoms with Gasteiger partial charge in [0.25, 0.3) is 5.91 Å². The third-order valence-electron chi connectivity index (χ3n) is 2.87. The van der Waals surface area contributed by atoms with Crippen LogP contribution in [-0.4, -0.2) is 19.2 Å². The van der Waals surface area contributed by atoms with Crippen molar-refractivity contribution in [1.29, 1.82) is 0 Å². The Morgan fingerprint density at radius 3 is 2.57 bits per heavy atom. The maximum Gasteiger partial charge on any atom is 0.271 e. The highest BCUT2D eigenvalue weighted by Gasteiger charge is 2.07. The third-order valence-corrected chi connectivity index (χ3v) is 3.71. The minimum Gasteiger partial charge on any atom is -0.496 e. The largest absolute Gasteiger partial charge is 0.496 e. The first-order valence-electron chi connectivity index (χ1n) is 6.34. The number of rotatable bonds is 4. The molecule has 0 radical (unpaired) electrons. The van der Waals surface area contributed by atoms with Gasteiger partial charge in [-0.1, -0.05) is 29.8 Å². The number of halogens is 1. The third kappa shape index (κ3) is 4.29. The van der Waals surface area contributed by atoms with Gasteiger partial charge in [0.2, 0.25) is 0 Å². The van der Waals surface area contributed by atoms with E-state index in [-0.39, 0.29) is 5.91 Å². The van der Waals surface area contributed by atoms with Crippen LogP contribution in [0.25, 0.3) is 0 Å². The van der Waals surface area contributed by atoms with E-state index in [1.54, 1.807) is 31.5 Å². The summed E-state index contributed by atoms with van der Waals surface area (Å²) in [5.74, 6) is 0.495. The Balaban J connectivity index is 2.01. The first-order valence-corrected chi connectivity index (χ1v) is 7.41. The van der Waals surface area contributed by atoms with Crippen molar-refractivity contribution in [1.82, 2.24) is 5.43 Å². The number of hydrogen-bond donors (Lipinski definition) is 1. The summed E-state index contributed by atoms with van der Waals surface area (Å²) in [4.78, 5) is 12.0. The Morgan fingerprint density at radius 1 is 1.24 bits per heavy atom. The van der Waals surface area contributed by atoms with Crippen molar-refractivity contribution in [2.75, 3.05) is 7.11 Å². The molecule has 0 bridgehead atoms. The van der Waals surface area contributed by atoms with Crippen molar-refractivity contribution in [2.45, 2.75) is 6.92 Å². The van der Waals surface area contributed by atoms with Crippen molar-refractivity contribution in [2.24, 2.45) is 5.10 Å². The number of carbonyl (C=O) groups is 1. The van der Waals surface area contributed by atoms with Gasteiger partial charge in [-0.3, -0.25) is 4.79 Å². The normalized spacial score (nSPS) is 10.6. The van der Waals surface area contributed by atoms with Gasteiger partial charge in [0.05, 0.1) is 16.9 Å². The molecule has 2 aromatic rings. The molecule has 0 unspecified atom stereocenters. The Hall–Kier alpha value is -1.89. The molecule has 5 heteroatoms. The lowest BCUT2D eigenvalue weighted by atomic mass is 10.2. The molecule has 0 aliphatic heterocycles. The molecule has 0 saturated carbocycles. The van der Waals surface area contributed by atoms with Gasteiger partial charge in [-0.2, -0.15) is 5.10 Å². The summed E-state index contributed by atoms with van der Waals surface area (Å²) < 4.78 is 6.04. The van der Waals surface area contributed by atoms with E-state index in [0.29, 0.717) is 5.56 Å². The van der Waals surface area contributed by atoms with E-state index in [1.165, 1.54) is 5.56 Å². The maximum absolute atomic E-state index is 12.0. The zero-order chi connectivity index (χ0) is 15.2. The number of hydrogen-bond acceptors (Lipinski definition) is 3. The minimum absolute atomic E-state index is 0.251. The average molecular weight is 394 g/mol. The number of amides is 1. The average Bonchev–Trinajstić information content (AvgIpc) is 2.49. The first kappa shape index (κ1) is 15.5. The first-order chi connectivity index (χ1) is 10.1. The second-order valence-corrected chi connectivity index (χ2v) is 5.62. The van der Waals surface area contributed by atoms with Crippen LogP contribution in [-0.2, 0) is 0 Å². The lowest BCUT2D eigenvalue weighted by molar-refractivity contribution is 0.0955. The second kappa shape index (κ2) is 7.21. The summed E-state index contributed by atoms with van der Waals surface area (Å²) in [6, 6.07) is 13.1. The van der Waals surface area contributed by atoms with Crippen LogP contribution < -0.4 is 10.2 Å². The molecule has 0 atom stereocenters. The van der Waals surface area contributed by atoms with Gasteiger partial charge in [0.15, 0.2) is 0 Å². The van der Waals surface area contributed by atoms with Crippen LogP contribution in [0.3, 0.4) is 0 Å². The number of nitrogens with one attached hydrogen (secondary N) is 1. The number of nitrogens with zero attached hydrogens (tertiary/aromatic N) is 1. The van der Waals surface area contributed by atoms with Gasteiger partial charge in [-0.15, -0.1) is 0 Å². The summed E-state index contributed by atoms with van der Waals surface area (Å²) in [7, 11) is 1.60. The topological polar surface area (TPSA) is 50.7 Å². The van der Waals surface area contributed by atoms with Crippen LogP contribution in [0, 0.1) is 10.5 Å². The number of methoxy groups -OCH3 is 1. The van der Waals surface area contributed by atoms with Gasteiger partial charge in [0, 0.05) is 5.56 Å². The molecule has 0 aliphatic rings. The van der Waals surface area contributed by atoms with Gasteiger partial charge in [0.1, 0.15) is 5.75 Å². The number of carbonyl (C=O) groups excluding carboxylic acids is 1. The predicted octanol–water partition coefficient (Wildman–Crippen LogP) is 3.37. The standard InChI is InChI=1S/C16H15IN2O2/c1-11-3-5-12(6-4-11)10-18-19-16(20)13-7-8-15(21-2)14(17)9-13/h3-10H,1-2H3,(H,19,20)/b18-10+. The SMILES string of the molecule is COc1ccc(C(=O)N/N=C/c2ccc(C)cc2)cc1I. The summed E-state index contributed by atoms with van der Waals surface area (Å²) in [6.07, 6.45) is 1.62. The molecular formula is C16H15IN2O2. The molecule has 0 saturated heterocycles. The zero-order valence-electron chi connectivity index (χ0n) is 11.8. The van der Waals surface area contributed by atoms with E-state index < -0.39 is 0 Å². The Kier molecular flexibility index (Phi) is 5.32. The second-order valence-electron chi connectivity index (χ2n) is 4.46. The smallest absolute Gasteiger partial charge is 0.271 e. The van der Waals surface area contributed by atoms with Crippen LogP contribution in [0.5, 0.6) is 5.75 Å². The fourth-order valence-corrected chi connectivity index (χ4v) is 2.43. The summed E-state index contributed by atoms with van der Waals surface area (Å²) in [5.41, 5.74) is 5.18. The Labute approximate surface area is 137 Å². The van der Waals surface area contributed by atoms with E-state index in [1.807, 2.05) is 31.2 Å². The Bertz CT molecular complexity index is 666. The molecule has 21 heavy (non-hydrogen) atoms. The van der Waals surface area contributed by atoms with Crippen LogP contribution in [0.1, 0.15) is 21.5 Å². The summed E-state index contributed by atoms with van der Waals surface area (Å²) in [5, 5.41) is 3.96. The zero-order valence-corrected chi connectivity index (χ0v) is 13.9. The predicted molar refractivity (Wildman–Crippen MR) is 92.0 cm³/mol. The molecule has 0 aliphatic carbocycles. The van der Waals surface area contributed by atoms with Crippen LogP contribution in [0.4, 0.5) is 0 Å². The number of benzene rings is 2. The molecule has 4 nitrogen and oxygen atoms in total. The molecule has 0 spiro atoms. The van der Waals surface area contributed by atoms with Crippen LogP contribution in [0.2, 0.25) is 0 Å². The van der Waals surface area contributed by atoms with Crippen molar-refractivity contribution in [3.63, 3.8) is 0 Å². The quantitative estimate of drug-likeness (QED) is 0.491. The van der Waals surface area contributed by atoms with Crippen molar-refractivity contribution < 1.29 is 9.53 Å². The minimum atomic E-state index is -0.251.